The Morgan fingerprint density at radius 2 is 1.90 bits per heavy atom. The molecule has 0 bridgehead atoms. The summed E-state index contributed by atoms with van der Waals surface area (Å²) >= 11 is 9.41. The van der Waals surface area contributed by atoms with Gasteiger partial charge in [-0.25, -0.2) is 4.98 Å². The standard InChI is InChI=1S/C23H19BrClN3O3/c24-17-4-1-3-16(13-17)20-19(21(29)15-5-7-18(25)8-6-15)22(30)23(31)28(20)11-2-10-27-12-9-26-14-27/h1,3-9,12-14,20,29H,2,10-11H2/t20-/m1/s1. The van der Waals surface area contributed by atoms with Gasteiger partial charge in [0.15, 0.2) is 0 Å². The van der Waals surface area contributed by atoms with E-state index in [1.165, 1.54) is 4.90 Å². The summed E-state index contributed by atoms with van der Waals surface area (Å²) in [7, 11) is 0. The third-order valence-corrected chi connectivity index (χ3v) is 5.94. The van der Waals surface area contributed by atoms with Gasteiger partial charge in [-0.05, 0) is 48.4 Å². The van der Waals surface area contributed by atoms with Crippen molar-refractivity contribution in [3.8, 4) is 0 Å². The van der Waals surface area contributed by atoms with E-state index in [1.54, 1.807) is 36.8 Å². The molecule has 158 valence electrons. The number of amides is 1. The molecule has 1 saturated heterocycles. The zero-order valence-electron chi connectivity index (χ0n) is 16.4. The molecule has 0 saturated carbocycles. The molecule has 2 aromatic carbocycles. The van der Waals surface area contributed by atoms with Crippen LogP contribution in [-0.2, 0) is 16.1 Å². The normalized spacial score (nSPS) is 18.0. The van der Waals surface area contributed by atoms with E-state index >= 15 is 0 Å². The average molecular weight is 501 g/mol. The van der Waals surface area contributed by atoms with E-state index in [9.17, 15) is 14.7 Å². The number of hydrogen-bond donors (Lipinski definition) is 1. The van der Waals surface area contributed by atoms with Crippen LogP contribution in [0, 0.1) is 0 Å². The lowest BCUT2D eigenvalue weighted by molar-refractivity contribution is -0.139. The maximum atomic E-state index is 13.0. The Bertz CT molecular complexity index is 1140. The van der Waals surface area contributed by atoms with Crippen LogP contribution in [0.3, 0.4) is 0 Å². The maximum absolute atomic E-state index is 13.0. The molecule has 8 heteroatoms. The second-order valence-corrected chi connectivity index (χ2v) is 8.56. The average Bonchev–Trinajstić information content (AvgIpc) is 3.36. The number of aromatic nitrogens is 2. The van der Waals surface area contributed by atoms with Crippen LogP contribution in [0.5, 0.6) is 0 Å². The summed E-state index contributed by atoms with van der Waals surface area (Å²) in [4.78, 5) is 31.5. The Balaban J connectivity index is 1.73. The van der Waals surface area contributed by atoms with E-state index in [0.29, 0.717) is 30.1 Å². The molecular weight excluding hydrogens is 482 g/mol. The number of carbonyl (C=O) groups is 2. The van der Waals surface area contributed by atoms with Crippen LogP contribution in [0.4, 0.5) is 0 Å². The van der Waals surface area contributed by atoms with Gasteiger partial charge >= 0.3 is 0 Å². The molecular formula is C23H19BrClN3O3. The number of aryl methyl sites for hydroxylation is 1. The Hall–Kier alpha value is -2.90. The van der Waals surface area contributed by atoms with Crippen molar-refractivity contribution in [1.29, 1.82) is 0 Å². The van der Waals surface area contributed by atoms with Gasteiger partial charge in [0.25, 0.3) is 11.7 Å². The smallest absolute Gasteiger partial charge is 0.295 e. The molecule has 1 aliphatic heterocycles. The van der Waals surface area contributed by atoms with Crippen LogP contribution in [0.15, 0.2) is 77.3 Å². The predicted octanol–water partition coefficient (Wildman–Crippen LogP) is 4.81. The lowest BCUT2D eigenvalue weighted by Crippen LogP contribution is -2.31. The largest absolute Gasteiger partial charge is 0.507 e. The SMILES string of the molecule is O=C1C(=O)N(CCCn2ccnc2)[C@H](c2cccc(Br)c2)C1=C(O)c1ccc(Cl)cc1. The molecule has 1 N–H and O–H groups in total. The quantitative estimate of drug-likeness (QED) is 0.299. The highest BCUT2D eigenvalue weighted by Crippen LogP contribution is 2.40. The molecule has 0 spiro atoms. The van der Waals surface area contributed by atoms with Gasteiger partial charge in [0.1, 0.15) is 5.76 Å². The van der Waals surface area contributed by atoms with Crippen molar-refractivity contribution in [1.82, 2.24) is 14.5 Å². The monoisotopic (exact) mass is 499 g/mol. The third kappa shape index (κ3) is 4.43. The minimum atomic E-state index is -0.694. The summed E-state index contributed by atoms with van der Waals surface area (Å²) in [6.07, 6.45) is 5.88. The highest BCUT2D eigenvalue weighted by Gasteiger charge is 2.45. The first-order valence-corrected chi connectivity index (χ1v) is 10.9. The fourth-order valence-corrected chi connectivity index (χ4v) is 4.28. The molecule has 31 heavy (non-hydrogen) atoms. The van der Waals surface area contributed by atoms with Crippen LogP contribution >= 0.6 is 27.5 Å². The third-order valence-electron chi connectivity index (χ3n) is 5.20. The van der Waals surface area contributed by atoms with Gasteiger partial charge in [0, 0.05) is 40.5 Å². The Morgan fingerprint density at radius 1 is 1.13 bits per heavy atom. The van der Waals surface area contributed by atoms with Crippen LogP contribution in [0.25, 0.3) is 5.76 Å². The molecule has 2 heterocycles. The van der Waals surface area contributed by atoms with E-state index in [2.05, 4.69) is 20.9 Å². The van der Waals surface area contributed by atoms with Crippen molar-refractivity contribution in [2.24, 2.45) is 0 Å². The number of imidazole rings is 1. The van der Waals surface area contributed by atoms with E-state index in [4.69, 9.17) is 11.6 Å². The number of nitrogens with zero attached hydrogens (tertiary/aromatic N) is 3. The van der Waals surface area contributed by atoms with Gasteiger partial charge in [0.2, 0.25) is 0 Å². The summed E-state index contributed by atoms with van der Waals surface area (Å²) in [5.41, 5.74) is 1.25. The van der Waals surface area contributed by atoms with Crippen molar-refractivity contribution in [3.05, 3.63) is 93.4 Å². The van der Waals surface area contributed by atoms with Crippen LogP contribution in [0.1, 0.15) is 23.6 Å². The van der Waals surface area contributed by atoms with Gasteiger partial charge < -0.3 is 14.6 Å². The first-order chi connectivity index (χ1) is 15.0. The van der Waals surface area contributed by atoms with Crippen molar-refractivity contribution in [3.63, 3.8) is 0 Å². The number of aliphatic hydroxyl groups is 1. The number of benzene rings is 2. The van der Waals surface area contributed by atoms with Crippen LogP contribution in [0.2, 0.25) is 5.02 Å². The number of ketones is 1. The zero-order valence-corrected chi connectivity index (χ0v) is 18.8. The Morgan fingerprint density at radius 3 is 2.58 bits per heavy atom. The second-order valence-electron chi connectivity index (χ2n) is 7.21. The maximum Gasteiger partial charge on any atom is 0.295 e. The summed E-state index contributed by atoms with van der Waals surface area (Å²) in [6.45, 7) is 1.02. The van der Waals surface area contributed by atoms with Gasteiger partial charge in [-0.2, -0.15) is 0 Å². The van der Waals surface area contributed by atoms with E-state index < -0.39 is 17.7 Å². The van der Waals surface area contributed by atoms with Crippen molar-refractivity contribution >= 4 is 45.0 Å². The van der Waals surface area contributed by atoms with Crippen LogP contribution in [-0.4, -0.2) is 37.8 Å². The molecule has 1 atom stereocenters. The number of hydrogen-bond acceptors (Lipinski definition) is 4. The lowest BCUT2D eigenvalue weighted by atomic mass is 9.95. The van der Waals surface area contributed by atoms with Gasteiger partial charge in [-0.3, -0.25) is 9.59 Å². The van der Waals surface area contributed by atoms with Crippen LogP contribution < -0.4 is 0 Å². The molecule has 0 radical (unpaired) electrons. The first-order valence-electron chi connectivity index (χ1n) is 9.71. The molecule has 1 fully saturated rings. The molecule has 1 aromatic heterocycles. The minimum Gasteiger partial charge on any atom is -0.507 e. The Kier molecular flexibility index (Phi) is 6.25. The van der Waals surface area contributed by atoms with Crippen molar-refractivity contribution in [2.75, 3.05) is 6.54 Å². The highest BCUT2D eigenvalue weighted by molar-refractivity contribution is 9.10. The summed E-state index contributed by atoms with van der Waals surface area (Å²) < 4.78 is 2.73. The second kappa shape index (κ2) is 9.08. The number of rotatable bonds is 6. The van der Waals surface area contributed by atoms with E-state index in [-0.39, 0.29) is 11.3 Å². The lowest BCUT2D eigenvalue weighted by Gasteiger charge is -2.25. The Labute approximate surface area is 192 Å². The number of carbonyl (C=O) groups excluding carboxylic acids is 2. The van der Waals surface area contributed by atoms with E-state index in [1.807, 2.05) is 35.0 Å². The van der Waals surface area contributed by atoms with Crippen molar-refractivity contribution < 1.29 is 14.7 Å². The number of halogens is 2. The molecule has 4 rings (SSSR count). The minimum absolute atomic E-state index is 0.0769. The summed E-state index contributed by atoms with van der Waals surface area (Å²) in [5.74, 6) is -1.52. The zero-order chi connectivity index (χ0) is 22.0. The van der Waals surface area contributed by atoms with Crippen molar-refractivity contribution in [2.45, 2.75) is 19.0 Å². The van der Waals surface area contributed by atoms with Gasteiger partial charge in [-0.1, -0.05) is 39.7 Å². The molecule has 1 aliphatic rings. The number of Topliss-reactive ketones (excluding diaryl/α,β-unsaturated/α-hetero) is 1. The fraction of sp³-hybridized carbons (Fsp3) is 0.174. The first kappa shape index (κ1) is 21.3. The predicted molar refractivity (Wildman–Crippen MR) is 121 cm³/mol. The molecule has 0 unspecified atom stereocenters. The number of likely N-dealkylation sites (tertiary alicyclic amines) is 1. The fourth-order valence-electron chi connectivity index (χ4n) is 3.74. The topological polar surface area (TPSA) is 75.4 Å². The number of aliphatic hydroxyl groups excluding tert-OH is 1. The van der Waals surface area contributed by atoms with Gasteiger partial charge in [-0.15, -0.1) is 0 Å². The molecule has 1 amide bonds. The molecule has 3 aromatic rings. The van der Waals surface area contributed by atoms with Gasteiger partial charge in [0.05, 0.1) is 17.9 Å². The summed E-state index contributed by atoms with van der Waals surface area (Å²) in [6, 6.07) is 13.2. The summed E-state index contributed by atoms with van der Waals surface area (Å²) in [5, 5.41) is 11.5. The molecule has 0 aliphatic carbocycles. The molecule has 6 nitrogen and oxygen atoms in total. The highest BCUT2D eigenvalue weighted by atomic mass is 79.9. The van der Waals surface area contributed by atoms with E-state index in [0.717, 1.165) is 10.0 Å².